The molecular formula is C37H26N2O. The van der Waals surface area contributed by atoms with E-state index in [0.717, 1.165) is 50.5 Å². The molecule has 0 spiro atoms. The lowest BCUT2D eigenvalue weighted by molar-refractivity contribution is 0.620. The number of hydrogen-bond donors (Lipinski definition) is 0. The van der Waals surface area contributed by atoms with Gasteiger partial charge in [-0.3, -0.25) is 0 Å². The minimum Gasteiger partial charge on any atom is -0.456 e. The molecule has 190 valence electrons. The third-order valence-corrected chi connectivity index (χ3v) is 8.28. The van der Waals surface area contributed by atoms with Gasteiger partial charge in [-0.15, -0.1) is 0 Å². The first kappa shape index (κ1) is 22.9. The topological polar surface area (TPSA) is 38.9 Å². The van der Waals surface area contributed by atoms with E-state index in [2.05, 4.69) is 92.7 Å². The van der Waals surface area contributed by atoms with Gasteiger partial charge in [0.15, 0.2) is 5.82 Å². The lowest BCUT2D eigenvalue weighted by atomic mass is 9.81. The quantitative estimate of drug-likeness (QED) is 0.236. The Balaban J connectivity index is 1.31. The highest BCUT2D eigenvalue weighted by Crippen LogP contribution is 2.53. The summed E-state index contributed by atoms with van der Waals surface area (Å²) in [5, 5.41) is 2.33. The summed E-state index contributed by atoms with van der Waals surface area (Å²) in [6.07, 6.45) is 0. The van der Waals surface area contributed by atoms with Crippen LogP contribution in [0.4, 0.5) is 0 Å². The van der Waals surface area contributed by atoms with Gasteiger partial charge in [0.05, 0.1) is 11.4 Å². The number of nitrogens with zero attached hydrogens (tertiary/aromatic N) is 2. The van der Waals surface area contributed by atoms with Crippen molar-refractivity contribution < 1.29 is 4.42 Å². The number of para-hydroxylation sites is 1. The van der Waals surface area contributed by atoms with Crippen LogP contribution in [0, 0.1) is 0 Å². The molecule has 2 heterocycles. The van der Waals surface area contributed by atoms with E-state index in [1.807, 2.05) is 42.5 Å². The van der Waals surface area contributed by atoms with Gasteiger partial charge in [-0.05, 0) is 41.0 Å². The minimum absolute atomic E-state index is 0.243. The van der Waals surface area contributed by atoms with Crippen molar-refractivity contribution in [3.05, 3.63) is 132 Å². The predicted molar refractivity (Wildman–Crippen MR) is 163 cm³/mol. The van der Waals surface area contributed by atoms with Crippen LogP contribution in [-0.2, 0) is 5.41 Å². The summed E-state index contributed by atoms with van der Waals surface area (Å²) in [5.41, 5.74) is 11.6. The molecule has 0 radical (unpaired) electrons. The number of benzene rings is 5. The molecule has 5 aromatic carbocycles. The molecule has 0 saturated heterocycles. The fourth-order valence-electron chi connectivity index (χ4n) is 6.29. The van der Waals surface area contributed by atoms with Crippen LogP contribution in [0.25, 0.3) is 67.0 Å². The van der Waals surface area contributed by atoms with Crippen molar-refractivity contribution in [2.24, 2.45) is 0 Å². The monoisotopic (exact) mass is 514 g/mol. The van der Waals surface area contributed by atoms with Gasteiger partial charge in [-0.2, -0.15) is 0 Å². The zero-order chi connectivity index (χ0) is 26.8. The first-order valence-corrected chi connectivity index (χ1v) is 13.7. The fraction of sp³-hybridized carbons (Fsp3) is 0.0811. The first-order chi connectivity index (χ1) is 19.6. The summed E-state index contributed by atoms with van der Waals surface area (Å²) in [5.74, 6) is 0.726. The maximum atomic E-state index is 6.48. The zero-order valence-corrected chi connectivity index (χ0v) is 22.3. The molecule has 8 rings (SSSR count). The second-order valence-electron chi connectivity index (χ2n) is 11.0. The SMILES string of the molecule is CC1(C)c2cc(-c3nc(-c4ccccc4)cc(-c4ccccc4)n3)ccc2-c2ccc3c(oc4ccccc43)c21. The first-order valence-electron chi connectivity index (χ1n) is 13.7. The molecule has 0 atom stereocenters. The van der Waals surface area contributed by atoms with Gasteiger partial charge < -0.3 is 4.42 Å². The molecule has 0 amide bonds. The van der Waals surface area contributed by atoms with Crippen molar-refractivity contribution in [3.8, 4) is 45.0 Å². The molecule has 3 nitrogen and oxygen atoms in total. The highest BCUT2D eigenvalue weighted by Gasteiger charge is 2.39. The average Bonchev–Trinajstić information content (AvgIpc) is 3.50. The summed E-state index contributed by atoms with van der Waals surface area (Å²) in [6.45, 7) is 4.59. The molecule has 0 unspecified atom stereocenters. The predicted octanol–water partition coefficient (Wildman–Crippen LogP) is 9.68. The van der Waals surface area contributed by atoms with Crippen molar-refractivity contribution in [2.75, 3.05) is 0 Å². The Morgan fingerprint density at radius 1 is 0.550 bits per heavy atom. The number of furan rings is 1. The van der Waals surface area contributed by atoms with Crippen molar-refractivity contribution >= 4 is 21.9 Å². The minimum atomic E-state index is -0.243. The number of fused-ring (bicyclic) bond motifs is 7. The van der Waals surface area contributed by atoms with Gasteiger partial charge >= 0.3 is 0 Å². The van der Waals surface area contributed by atoms with Gasteiger partial charge in [0.2, 0.25) is 0 Å². The highest BCUT2D eigenvalue weighted by molar-refractivity contribution is 6.09. The maximum absolute atomic E-state index is 6.48. The molecule has 0 N–H and O–H groups in total. The third kappa shape index (κ3) is 3.37. The van der Waals surface area contributed by atoms with Gasteiger partial charge in [-0.1, -0.05) is 111 Å². The van der Waals surface area contributed by atoms with E-state index in [1.165, 1.54) is 27.6 Å². The molecule has 1 aliphatic carbocycles. The van der Waals surface area contributed by atoms with Crippen LogP contribution in [0.3, 0.4) is 0 Å². The number of rotatable bonds is 3. The number of aromatic nitrogens is 2. The van der Waals surface area contributed by atoms with Crippen LogP contribution >= 0.6 is 0 Å². The lowest BCUT2D eigenvalue weighted by Gasteiger charge is -2.22. The molecular weight excluding hydrogens is 488 g/mol. The van der Waals surface area contributed by atoms with E-state index < -0.39 is 0 Å². The second-order valence-corrected chi connectivity index (χ2v) is 11.0. The number of hydrogen-bond acceptors (Lipinski definition) is 3. The Morgan fingerprint density at radius 2 is 1.18 bits per heavy atom. The van der Waals surface area contributed by atoms with Gasteiger partial charge in [0.1, 0.15) is 11.2 Å². The van der Waals surface area contributed by atoms with Gasteiger partial charge in [0.25, 0.3) is 0 Å². The Morgan fingerprint density at radius 3 is 1.88 bits per heavy atom. The van der Waals surface area contributed by atoms with Crippen LogP contribution in [0.2, 0.25) is 0 Å². The zero-order valence-electron chi connectivity index (χ0n) is 22.3. The lowest BCUT2D eigenvalue weighted by Crippen LogP contribution is -2.15. The van der Waals surface area contributed by atoms with E-state index in [-0.39, 0.29) is 5.41 Å². The summed E-state index contributed by atoms with van der Waals surface area (Å²) < 4.78 is 6.48. The molecule has 0 saturated carbocycles. The summed E-state index contributed by atoms with van der Waals surface area (Å²) in [6, 6.07) is 42.2. The highest BCUT2D eigenvalue weighted by atomic mass is 16.3. The van der Waals surface area contributed by atoms with E-state index in [9.17, 15) is 0 Å². The Kier molecular flexibility index (Phi) is 4.86. The molecule has 0 bridgehead atoms. The van der Waals surface area contributed by atoms with E-state index in [4.69, 9.17) is 14.4 Å². The van der Waals surface area contributed by atoms with Gasteiger partial charge in [0, 0.05) is 38.4 Å². The average molecular weight is 515 g/mol. The van der Waals surface area contributed by atoms with Crippen LogP contribution in [0.1, 0.15) is 25.0 Å². The van der Waals surface area contributed by atoms with Gasteiger partial charge in [-0.25, -0.2) is 9.97 Å². The summed E-state index contributed by atoms with van der Waals surface area (Å²) in [7, 11) is 0. The van der Waals surface area contributed by atoms with E-state index in [0.29, 0.717) is 0 Å². The molecule has 2 aromatic heterocycles. The van der Waals surface area contributed by atoms with Crippen molar-refractivity contribution in [1.29, 1.82) is 0 Å². The molecule has 0 fully saturated rings. The fourth-order valence-corrected chi connectivity index (χ4v) is 6.29. The molecule has 7 aromatic rings. The van der Waals surface area contributed by atoms with Crippen LogP contribution in [-0.4, -0.2) is 9.97 Å². The van der Waals surface area contributed by atoms with Crippen LogP contribution in [0.5, 0.6) is 0 Å². The van der Waals surface area contributed by atoms with Crippen molar-refractivity contribution in [1.82, 2.24) is 9.97 Å². The van der Waals surface area contributed by atoms with E-state index in [1.54, 1.807) is 0 Å². The Bertz CT molecular complexity index is 2010. The third-order valence-electron chi connectivity index (χ3n) is 8.28. The van der Waals surface area contributed by atoms with E-state index >= 15 is 0 Å². The maximum Gasteiger partial charge on any atom is 0.160 e. The van der Waals surface area contributed by atoms with Crippen LogP contribution in [0.15, 0.2) is 126 Å². The van der Waals surface area contributed by atoms with Crippen LogP contribution < -0.4 is 0 Å². The summed E-state index contributed by atoms with van der Waals surface area (Å²) >= 11 is 0. The molecule has 0 aliphatic heterocycles. The molecule has 1 aliphatic rings. The summed E-state index contributed by atoms with van der Waals surface area (Å²) in [4.78, 5) is 10.1. The Labute approximate surface area is 232 Å². The normalized spacial score (nSPS) is 13.4. The largest absolute Gasteiger partial charge is 0.456 e. The molecule has 3 heteroatoms. The smallest absolute Gasteiger partial charge is 0.160 e. The second kappa shape index (κ2) is 8.49. The Hall–Kier alpha value is -5.02. The van der Waals surface area contributed by atoms with Crippen molar-refractivity contribution in [2.45, 2.75) is 19.3 Å². The standard InChI is InChI=1S/C37H26N2O/c1-37(2)30-21-25(17-18-26(30)28-19-20-29-27-15-9-10-16-33(27)40-35(29)34(28)37)36-38-31(23-11-5-3-6-12-23)22-32(39-36)24-13-7-4-8-14-24/h3-22H,1-2H3. The molecule has 40 heavy (non-hydrogen) atoms. The van der Waals surface area contributed by atoms with Crippen molar-refractivity contribution in [3.63, 3.8) is 0 Å².